The van der Waals surface area contributed by atoms with E-state index < -0.39 is 29.9 Å². The lowest BCUT2D eigenvalue weighted by atomic mass is 10.1. The molecule has 1 amide bonds. The predicted molar refractivity (Wildman–Crippen MR) is 69.2 cm³/mol. The van der Waals surface area contributed by atoms with Crippen LogP contribution in [0.1, 0.15) is 22.8 Å². The lowest BCUT2D eigenvalue weighted by Crippen LogP contribution is -2.43. The topological polar surface area (TPSA) is 69.6 Å². The second-order valence-electron chi connectivity index (χ2n) is 4.53. The Balaban J connectivity index is 2.90. The number of carbonyl (C=O) groups is 1. The Kier molecular flexibility index (Phi) is 5.17. The summed E-state index contributed by atoms with van der Waals surface area (Å²) >= 11 is 2.77. The average molecular weight is 356 g/mol. The molecule has 0 spiro atoms. The van der Waals surface area contributed by atoms with E-state index in [1.807, 2.05) is 0 Å². The van der Waals surface area contributed by atoms with Gasteiger partial charge >= 0.3 is 6.18 Å². The van der Waals surface area contributed by atoms with Crippen molar-refractivity contribution in [2.75, 3.05) is 13.2 Å². The first-order valence-electron chi connectivity index (χ1n) is 5.55. The van der Waals surface area contributed by atoms with Crippen molar-refractivity contribution < 1.29 is 28.2 Å². The van der Waals surface area contributed by atoms with Crippen molar-refractivity contribution in [2.24, 2.45) is 0 Å². The zero-order valence-corrected chi connectivity index (χ0v) is 12.0. The van der Waals surface area contributed by atoms with Crippen LogP contribution < -0.4 is 5.32 Å². The molecule has 0 fully saturated rings. The molecule has 0 aliphatic carbocycles. The van der Waals surface area contributed by atoms with Crippen molar-refractivity contribution in [3.05, 3.63) is 33.8 Å². The summed E-state index contributed by atoms with van der Waals surface area (Å²) in [5.41, 5.74) is -2.67. The monoisotopic (exact) mass is 355 g/mol. The van der Waals surface area contributed by atoms with E-state index in [4.69, 9.17) is 5.11 Å². The lowest BCUT2D eigenvalue weighted by Gasteiger charge is -2.20. The van der Waals surface area contributed by atoms with Crippen molar-refractivity contribution in [1.82, 2.24) is 5.32 Å². The second-order valence-corrected chi connectivity index (χ2v) is 5.38. The lowest BCUT2D eigenvalue weighted by molar-refractivity contribution is -0.138. The van der Waals surface area contributed by atoms with Gasteiger partial charge in [0.15, 0.2) is 0 Å². The van der Waals surface area contributed by atoms with E-state index in [2.05, 4.69) is 21.2 Å². The number of carbonyl (C=O) groups excluding carboxylic acids is 1. The summed E-state index contributed by atoms with van der Waals surface area (Å²) in [6.45, 7) is 0.428. The molecule has 1 atom stereocenters. The van der Waals surface area contributed by atoms with Crippen LogP contribution in [0.25, 0.3) is 0 Å². The molecular weight excluding hydrogens is 343 g/mol. The van der Waals surface area contributed by atoms with Crippen LogP contribution in [0, 0.1) is 0 Å². The number of amides is 1. The summed E-state index contributed by atoms with van der Waals surface area (Å²) < 4.78 is 37.9. The molecular formula is C12H13BrF3NO3. The molecule has 1 aromatic rings. The van der Waals surface area contributed by atoms with Gasteiger partial charge in [0, 0.05) is 16.6 Å². The van der Waals surface area contributed by atoms with E-state index in [1.54, 1.807) is 0 Å². The molecule has 0 heterocycles. The number of hydrogen-bond acceptors (Lipinski definition) is 3. The summed E-state index contributed by atoms with van der Waals surface area (Å²) in [6, 6.07) is 3.07. The molecule has 0 aliphatic heterocycles. The highest BCUT2D eigenvalue weighted by molar-refractivity contribution is 9.10. The minimum absolute atomic E-state index is 0.163. The smallest absolute Gasteiger partial charge is 0.393 e. The van der Waals surface area contributed by atoms with Crippen molar-refractivity contribution in [1.29, 1.82) is 0 Å². The van der Waals surface area contributed by atoms with Crippen LogP contribution in [0.3, 0.4) is 0 Å². The standard InChI is InChI=1S/C12H13BrF3NO3/c1-11(20,6-18)5-17-10(19)7-2-3-9(13)8(4-7)12(14,15)16/h2-4,18,20H,5-6H2,1H3,(H,17,19). The van der Waals surface area contributed by atoms with E-state index in [1.165, 1.54) is 13.0 Å². The number of aliphatic hydroxyl groups excluding tert-OH is 1. The molecule has 1 rings (SSSR count). The van der Waals surface area contributed by atoms with Gasteiger partial charge in [0.1, 0.15) is 5.60 Å². The van der Waals surface area contributed by atoms with Crippen molar-refractivity contribution in [3.8, 4) is 0 Å². The fourth-order valence-corrected chi connectivity index (χ4v) is 1.78. The first-order valence-corrected chi connectivity index (χ1v) is 6.34. The molecule has 0 aromatic heterocycles. The molecule has 1 unspecified atom stereocenters. The normalized spacial score (nSPS) is 14.8. The van der Waals surface area contributed by atoms with Crippen LogP contribution in [-0.4, -0.2) is 34.9 Å². The van der Waals surface area contributed by atoms with Gasteiger partial charge in [-0.2, -0.15) is 13.2 Å². The molecule has 1 aromatic carbocycles. The van der Waals surface area contributed by atoms with Gasteiger partial charge in [0.25, 0.3) is 5.91 Å². The maximum Gasteiger partial charge on any atom is 0.417 e. The third-order valence-corrected chi connectivity index (χ3v) is 3.20. The summed E-state index contributed by atoms with van der Waals surface area (Å²) in [5, 5.41) is 20.6. The number of benzene rings is 1. The van der Waals surface area contributed by atoms with Crippen molar-refractivity contribution >= 4 is 21.8 Å². The van der Waals surface area contributed by atoms with Crippen LogP contribution >= 0.6 is 15.9 Å². The fraction of sp³-hybridized carbons (Fsp3) is 0.417. The third kappa shape index (κ3) is 4.46. The molecule has 112 valence electrons. The summed E-state index contributed by atoms with van der Waals surface area (Å²) in [7, 11) is 0. The minimum Gasteiger partial charge on any atom is -0.393 e. The van der Waals surface area contributed by atoms with E-state index >= 15 is 0 Å². The number of nitrogens with one attached hydrogen (secondary N) is 1. The van der Waals surface area contributed by atoms with E-state index in [0.717, 1.165) is 6.07 Å². The van der Waals surface area contributed by atoms with Crippen molar-refractivity contribution in [3.63, 3.8) is 0 Å². The highest BCUT2D eigenvalue weighted by Gasteiger charge is 2.33. The van der Waals surface area contributed by atoms with Gasteiger partial charge in [-0.25, -0.2) is 0 Å². The molecule has 20 heavy (non-hydrogen) atoms. The summed E-state index contributed by atoms with van der Waals surface area (Å²) in [4.78, 5) is 11.7. The van der Waals surface area contributed by atoms with Crippen LogP contribution in [0.15, 0.2) is 22.7 Å². The maximum atomic E-state index is 12.7. The van der Waals surface area contributed by atoms with Gasteiger partial charge in [0.05, 0.1) is 12.2 Å². The predicted octanol–water partition coefficient (Wildman–Crippen LogP) is 1.94. The molecule has 4 nitrogen and oxygen atoms in total. The Morgan fingerprint density at radius 2 is 2.00 bits per heavy atom. The van der Waals surface area contributed by atoms with Crippen molar-refractivity contribution in [2.45, 2.75) is 18.7 Å². The van der Waals surface area contributed by atoms with Crippen LogP contribution in [0.5, 0.6) is 0 Å². The maximum absolute atomic E-state index is 12.7. The zero-order chi connectivity index (χ0) is 15.6. The zero-order valence-electron chi connectivity index (χ0n) is 10.5. The number of alkyl halides is 3. The minimum atomic E-state index is -4.58. The molecule has 0 aliphatic rings. The Labute approximate surface area is 121 Å². The Morgan fingerprint density at radius 1 is 1.40 bits per heavy atom. The summed E-state index contributed by atoms with van der Waals surface area (Å²) in [6.07, 6.45) is -4.58. The highest BCUT2D eigenvalue weighted by Crippen LogP contribution is 2.35. The first-order chi connectivity index (χ1) is 9.07. The molecule has 0 saturated carbocycles. The number of hydrogen-bond donors (Lipinski definition) is 3. The molecule has 0 bridgehead atoms. The quantitative estimate of drug-likeness (QED) is 0.772. The van der Waals surface area contributed by atoms with Crippen LogP contribution in [-0.2, 0) is 6.18 Å². The van der Waals surface area contributed by atoms with Crippen LogP contribution in [0.2, 0.25) is 0 Å². The SMILES string of the molecule is CC(O)(CO)CNC(=O)c1ccc(Br)c(C(F)(F)F)c1. The van der Waals surface area contributed by atoms with E-state index in [0.29, 0.717) is 6.07 Å². The number of halogens is 4. The highest BCUT2D eigenvalue weighted by atomic mass is 79.9. The fourth-order valence-electron chi connectivity index (χ4n) is 1.31. The molecule has 0 radical (unpaired) electrons. The molecule has 3 N–H and O–H groups in total. The summed E-state index contributed by atoms with van der Waals surface area (Å²) in [5.74, 6) is -0.767. The third-order valence-electron chi connectivity index (χ3n) is 2.50. The van der Waals surface area contributed by atoms with Gasteiger partial charge in [-0.3, -0.25) is 4.79 Å². The Hall–Kier alpha value is -1.12. The van der Waals surface area contributed by atoms with Crippen LogP contribution in [0.4, 0.5) is 13.2 Å². The number of rotatable bonds is 4. The molecule has 8 heteroatoms. The Morgan fingerprint density at radius 3 is 2.50 bits per heavy atom. The van der Waals surface area contributed by atoms with E-state index in [-0.39, 0.29) is 16.6 Å². The average Bonchev–Trinajstić information content (AvgIpc) is 2.35. The van der Waals surface area contributed by atoms with Gasteiger partial charge in [-0.1, -0.05) is 15.9 Å². The first kappa shape index (κ1) is 16.9. The van der Waals surface area contributed by atoms with Gasteiger partial charge in [0.2, 0.25) is 0 Å². The second kappa shape index (κ2) is 6.11. The van der Waals surface area contributed by atoms with Gasteiger partial charge in [-0.15, -0.1) is 0 Å². The molecule has 0 saturated heterocycles. The van der Waals surface area contributed by atoms with Gasteiger partial charge < -0.3 is 15.5 Å². The number of aliphatic hydroxyl groups is 2. The van der Waals surface area contributed by atoms with E-state index in [9.17, 15) is 23.1 Å². The Bertz CT molecular complexity index is 503. The van der Waals surface area contributed by atoms with Gasteiger partial charge in [-0.05, 0) is 25.1 Å². The largest absolute Gasteiger partial charge is 0.417 e.